The smallest absolute Gasteiger partial charge is 0.416 e. The highest BCUT2D eigenvalue weighted by atomic mass is 19.4. The third-order valence-corrected chi connectivity index (χ3v) is 2.54. The summed E-state index contributed by atoms with van der Waals surface area (Å²) < 4.78 is 48.2. The molecule has 0 saturated heterocycles. The molecule has 106 valence electrons. The first kappa shape index (κ1) is 15.3. The Balaban J connectivity index is 2.99. The lowest BCUT2D eigenvalue weighted by molar-refractivity contribution is -0.144. The van der Waals surface area contributed by atoms with Crippen molar-refractivity contribution in [3.8, 4) is 5.75 Å². The van der Waals surface area contributed by atoms with Gasteiger partial charge in [-0.25, -0.2) is 0 Å². The second-order valence-corrected chi connectivity index (χ2v) is 3.79. The second kappa shape index (κ2) is 6.45. The van der Waals surface area contributed by atoms with Crippen LogP contribution in [0.2, 0.25) is 0 Å². The Kier molecular flexibility index (Phi) is 5.20. The van der Waals surface area contributed by atoms with Gasteiger partial charge in [0.2, 0.25) is 0 Å². The number of benzene rings is 1. The SMILES string of the molecule is CCOC(=O)CCc1c(OC)cccc1C(F)(F)F. The van der Waals surface area contributed by atoms with E-state index in [1.807, 2.05) is 0 Å². The van der Waals surface area contributed by atoms with Gasteiger partial charge in [0.05, 0.1) is 19.3 Å². The molecule has 0 aromatic heterocycles. The van der Waals surface area contributed by atoms with Gasteiger partial charge in [-0.1, -0.05) is 6.07 Å². The Bertz CT molecular complexity index is 441. The summed E-state index contributed by atoms with van der Waals surface area (Å²) >= 11 is 0. The van der Waals surface area contributed by atoms with Crippen LogP contribution in [0.25, 0.3) is 0 Å². The van der Waals surface area contributed by atoms with E-state index in [1.54, 1.807) is 6.92 Å². The number of ether oxygens (including phenoxy) is 2. The van der Waals surface area contributed by atoms with E-state index in [-0.39, 0.29) is 30.8 Å². The van der Waals surface area contributed by atoms with Crippen molar-refractivity contribution >= 4 is 5.97 Å². The molecule has 0 spiro atoms. The maximum Gasteiger partial charge on any atom is 0.416 e. The van der Waals surface area contributed by atoms with Crippen molar-refractivity contribution in [3.63, 3.8) is 0 Å². The molecule has 0 fully saturated rings. The number of halogens is 3. The van der Waals surface area contributed by atoms with Gasteiger partial charge in [0.15, 0.2) is 0 Å². The van der Waals surface area contributed by atoms with E-state index in [9.17, 15) is 18.0 Å². The average Bonchev–Trinajstić information content (AvgIpc) is 2.35. The van der Waals surface area contributed by atoms with Crippen LogP contribution in [-0.4, -0.2) is 19.7 Å². The molecule has 0 aliphatic rings. The third-order valence-electron chi connectivity index (χ3n) is 2.54. The summed E-state index contributed by atoms with van der Waals surface area (Å²) in [7, 11) is 1.29. The molecule has 0 aliphatic heterocycles. The Morgan fingerprint density at radius 2 is 2.00 bits per heavy atom. The lowest BCUT2D eigenvalue weighted by Gasteiger charge is -2.15. The van der Waals surface area contributed by atoms with Crippen LogP contribution in [0.1, 0.15) is 24.5 Å². The van der Waals surface area contributed by atoms with E-state index in [0.717, 1.165) is 6.07 Å². The molecule has 3 nitrogen and oxygen atoms in total. The average molecular weight is 276 g/mol. The van der Waals surface area contributed by atoms with Gasteiger partial charge in [-0.15, -0.1) is 0 Å². The first-order valence-corrected chi connectivity index (χ1v) is 5.78. The Hall–Kier alpha value is -1.72. The number of carbonyl (C=O) groups excluding carboxylic acids is 1. The fraction of sp³-hybridized carbons (Fsp3) is 0.462. The van der Waals surface area contributed by atoms with Crippen LogP contribution >= 0.6 is 0 Å². The summed E-state index contributed by atoms with van der Waals surface area (Å²) in [6.07, 6.45) is -4.66. The van der Waals surface area contributed by atoms with E-state index in [0.29, 0.717) is 0 Å². The first-order valence-electron chi connectivity index (χ1n) is 5.78. The minimum atomic E-state index is -4.47. The fourth-order valence-corrected chi connectivity index (χ4v) is 1.74. The molecule has 1 aromatic carbocycles. The molecule has 0 heterocycles. The zero-order valence-electron chi connectivity index (χ0n) is 10.7. The highest BCUT2D eigenvalue weighted by Gasteiger charge is 2.34. The molecule has 0 radical (unpaired) electrons. The van der Waals surface area contributed by atoms with Gasteiger partial charge in [0.25, 0.3) is 0 Å². The summed E-state index contributed by atoms with van der Waals surface area (Å²) in [5, 5.41) is 0. The van der Waals surface area contributed by atoms with Gasteiger partial charge in [-0.05, 0) is 25.5 Å². The van der Waals surface area contributed by atoms with E-state index in [2.05, 4.69) is 0 Å². The largest absolute Gasteiger partial charge is 0.496 e. The molecule has 1 rings (SSSR count). The minimum absolute atomic E-state index is 0.0226. The number of alkyl halides is 3. The molecule has 0 aliphatic carbocycles. The van der Waals surface area contributed by atoms with Gasteiger partial charge < -0.3 is 9.47 Å². The molecule has 1 aromatic rings. The number of rotatable bonds is 5. The maximum absolute atomic E-state index is 12.9. The number of esters is 1. The molecule has 0 amide bonds. The lowest BCUT2D eigenvalue weighted by Crippen LogP contribution is -2.12. The predicted molar refractivity (Wildman–Crippen MR) is 63.0 cm³/mol. The highest BCUT2D eigenvalue weighted by Crippen LogP contribution is 2.36. The van der Waals surface area contributed by atoms with Crippen molar-refractivity contribution in [1.82, 2.24) is 0 Å². The zero-order valence-corrected chi connectivity index (χ0v) is 10.7. The molecule has 0 bridgehead atoms. The summed E-state index contributed by atoms with van der Waals surface area (Å²) in [5.41, 5.74) is -0.804. The van der Waals surface area contributed by atoms with Crippen LogP contribution < -0.4 is 4.74 Å². The molecular formula is C13H15F3O3. The van der Waals surface area contributed by atoms with Crippen LogP contribution in [0.15, 0.2) is 18.2 Å². The van der Waals surface area contributed by atoms with E-state index in [4.69, 9.17) is 9.47 Å². The fourth-order valence-electron chi connectivity index (χ4n) is 1.74. The van der Waals surface area contributed by atoms with Crippen molar-refractivity contribution in [3.05, 3.63) is 29.3 Å². The number of hydrogen-bond acceptors (Lipinski definition) is 3. The Morgan fingerprint density at radius 3 is 2.53 bits per heavy atom. The second-order valence-electron chi connectivity index (χ2n) is 3.79. The Labute approximate surface area is 109 Å². The van der Waals surface area contributed by atoms with E-state index in [1.165, 1.54) is 19.2 Å². The molecule has 6 heteroatoms. The first-order chi connectivity index (χ1) is 8.90. The topological polar surface area (TPSA) is 35.5 Å². The van der Waals surface area contributed by atoms with Crippen molar-refractivity contribution < 1.29 is 27.4 Å². The molecule has 0 atom stereocenters. The molecular weight excluding hydrogens is 261 g/mol. The van der Waals surface area contributed by atoms with Crippen molar-refractivity contribution in [2.75, 3.05) is 13.7 Å². The number of carbonyl (C=O) groups is 1. The molecule has 0 saturated carbocycles. The summed E-state index contributed by atoms with van der Waals surface area (Å²) in [6.45, 7) is 1.85. The van der Waals surface area contributed by atoms with E-state index < -0.39 is 17.7 Å². The van der Waals surface area contributed by atoms with E-state index >= 15 is 0 Å². The van der Waals surface area contributed by atoms with Crippen LogP contribution in [0.5, 0.6) is 5.75 Å². The number of hydrogen-bond donors (Lipinski definition) is 0. The molecule has 19 heavy (non-hydrogen) atoms. The zero-order chi connectivity index (χ0) is 14.5. The van der Waals surface area contributed by atoms with Crippen molar-refractivity contribution in [2.45, 2.75) is 25.9 Å². The van der Waals surface area contributed by atoms with Gasteiger partial charge in [0.1, 0.15) is 5.75 Å². The van der Waals surface area contributed by atoms with Crippen LogP contribution in [-0.2, 0) is 22.1 Å². The van der Waals surface area contributed by atoms with Crippen LogP contribution in [0, 0.1) is 0 Å². The van der Waals surface area contributed by atoms with Gasteiger partial charge in [-0.3, -0.25) is 4.79 Å². The summed E-state index contributed by atoms with van der Waals surface area (Å²) in [5.74, 6) is -0.402. The maximum atomic E-state index is 12.9. The van der Waals surface area contributed by atoms with Gasteiger partial charge in [-0.2, -0.15) is 13.2 Å². The van der Waals surface area contributed by atoms with Gasteiger partial charge in [0, 0.05) is 12.0 Å². The monoisotopic (exact) mass is 276 g/mol. The summed E-state index contributed by atoms with van der Waals surface area (Å²) in [4.78, 5) is 11.2. The minimum Gasteiger partial charge on any atom is -0.496 e. The molecule has 0 unspecified atom stereocenters. The number of methoxy groups -OCH3 is 1. The lowest BCUT2D eigenvalue weighted by atomic mass is 10.0. The predicted octanol–water partition coefficient (Wildman–Crippen LogP) is 3.21. The third kappa shape index (κ3) is 4.15. The standard InChI is InChI=1S/C13H15F3O3/c1-3-19-12(17)8-7-9-10(13(14,15)16)5-4-6-11(9)18-2/h4-6H,3,7-8H2,1-2H3. The van der Waals surface area contributed by atoms with Gasteiger partial charge >= 0.3 is 12.1 Å². The molecule has 0 N–H and O–H groups in total. The highest BCUT2D eigenvalue weighted by molar-refractivity contribution is 5.70. The van der Waals surface area contributed by atoms with Crippen molar-refractivity contribution in [1.29, 1.82) is 0 Å². The van der Waals surface area contributed by atoms with Crippen molar-refractivity contribution in [2.24, 2.45) is 0 Å². The van der Waals surface area contributed by atoms with Crippen LogP contribution in [0.4, 0.5) is 13.2 Å². The Morgan fingerprint density at radius 1 is 1.32 bits per heavy atom. The quantitative estimate of drug-likeness (QED) is 0.775. The van der Waals surface area contributed by atoms with Crippen LogP contribution in [0.3, 0.4) is 0 Å². The summed E-state index contributed by atoms with van der Waals surface area (Å²) in [6, 6.07) is 3.69. The normalized spacial score (nSPS) is 11.2.